The van der Waals surface area contributed by atoms with Gasteiger partial charge in [0.15, 0.2) is 15.9 Å². The molecule has 1 N–H and O–H groups in total. The molecular formula is C18H24N2O7S. The summed E-state index contributed by atoms with van der Waals surface area (Å²) in [6.07, 6.45) is 5.87. The summed E-state index contributed by atoms with van der Waals surface area (Å²) < 4.78 is 28.4. The van der Waals surface area contributed by atoms with Gasteiger partial charge in [-0.3, -0.25) is 14.9 Å². The Balaban J connectivity index is 2.08. The second kappa shape index (κ2) is 9.13. The van der Waals surface area contributed by atoms with Gasteiger partial charge >= 0.3 is 5.97 Å². The van der Waals surface area contributed by atoms with Crippen molar-refractivity contribution < 1.29 is 27.7 Å². The van der Waals surface area contributed by atoms with Crippen molar-refractivity contribution in [3.8, 4) is 0 Å². The third-order valence-corrected chi connectivity index (χ3v) is 5.79. The zero-order valence-electron chi connectivity index (χ0n) is 15.8. The summed E-state index contributed by atoms with van der Waals surface area (Å²) in [5.74, 6) is -1.37. The highest BCUT2D eigenvalue weighted by Crippen LogP contribution is 2.25. The zero-order valence-corrected chi connectivity index (χ0v) is 16.7. The second-order valence-corrected chi connectivity index (χ2v) is 8.94. The summed E-state index contributed by atoms with van der Waals surface area (Å²) in [6, 6.07) is 3.00. The normalized spacial score (nSPS) is 16.6. The number of nitro benzene ring substituents is 1. The van der Waals surface area contributed by atoms with Crippen molar-refractivity contribution in [3.63, 3.8) is 0 Å². The van der Waals surface area contributed by atoms with Crippen LogP contribution in [0.3, 0.4) is 0 Å². The van der Waals surface area contributed by atoms with Crippen LogP contribution < -0.4 is 5.32 Å². The third-order valence-electron chi connectivity index (χ3n) is 4.65. The van der Waals surface area contributed by atoms with Crippen LogP contribution in [-0.2, 0) is 19.4 Å². The number of amides is 1. The van der Waals surface area contributed by atoms with Crippen molar-refractivity contribution in [2.45, 2.75) is 62.5 Å². The first-order chi connectivity index (χ1) is 13.1. The number of nitrogens with one attached hydrogen (secondary N) is 1. The van der Waals surface area contributed by atoms with E-state index in [0.29, 0.717) is 0 Å². The van der Waals surface area contributed by atoms with Crippen LogP contribution in [0, 0.1) is 10.1 Å². The maximum atomic E-state index is 12.3. The molecule has 0 heterocycles. The van der Waals surface area contributed by atoms with Gasteiger partial charge < -0.3 is 10.1 Å². The zero-order chi connectivity index (χ0) is 20.9. The van der Waals surface area contributed by atoms with Crippen molar-refractivity contribution in [1.82, 2.24) is 5.32 Å². The monoisotopic (exact) mass is 412 g/mol. The van der Waals surface area contributed by atoms with E-state index in [0.717, 1.165) is 63.0 Å². The molecule has 1 aliphatic carbocycles. The van der Waals surface area contributed by atoms with E-state index in [2.05, 4.69) is 5.32 Å². The standard InChI is InChI=1S/C18H24N2O7S/c1-12(17(21)19-14-7-5-3-4-6-8-14)27-18(22)13-9-10-16(28(2,25)26)15(11-13)20(23)24/h9-12,14H,3-8H2,1-2H3,(H,19,21)/t12-/m0/s1. The maximum Gasteiger partial charge on any atom is 0.339 e. The smallest absolute Gasteiger partial charge is 0.339 e. The van der Waals surface area contributed by atoms with Gasteiger partial charge in [0.1, 0.15) is 4.90 Å². The number of ether oxygens (including phenoxy) is 1. The van der Waals surface area contributed by atoms with E-state index in [1.54, 1.807) is 0 Å². The summed E-state index contributed by atoms with van der Waals surface area (Å²) in [4.78, 5) is 34.3. The number of esters is 1. The Bertz CT molecular complexity index is 859. The second-order valence-electron chi connectivity index (χ2n) is 6.96. The SMILES string of the molecule is C[C@H](OC(=O)c1ccc(S(C)(=O)=O)c([N+](=O)[O-])c1)C(=O)NC1CCCCCC1. The predicted molar refractivity (Wildman–Crippen MR) is 101 cm³/mol. The number of carbonyl (C=O) groups is 2. The number of hydrogen-bond acceptors (Lipinski definition) is 7. The molecule has 0 unspecified atom stereocenters. The lowest BCUT2D eigenvalue weighted by Crippen LogP contribution is -2.41. The first-order valence-electron chi connectivity index (χ1n) is 9.09. The molecule has 1 aromatic carbocycles. The molecule has 0 spiro atoms. The minimum atomic E-state index is -3.83. The van der Waals surface area contributed by atoms with Crippen LogP contribution in [-0.4, -0.2) is 43.6 Å². The predicted octanol–water partition coefficient (Wildman–Crippen LogP) is 2.38. The molecule has 10 heteroatoms. The van der Waals surface area contributed by atoms with Crippen LogP contribution in [0.1, 0.15) is 55.8 Å². The number of rotatable bonds is 6. The van der Waals surface area contributed by atoms with Crippen LogP contribution in [0.5, 0.6) is 0 Å². The van der Waals surface area contributed by atoms with Crippen molar-refractivity contribution in [2.24, 2.45) is 0 Å². The van der Waals surface area contributed by atoms with E-state index in [9.17, 15) is 28.1 Å². The first-order valence-corrected chi connectivity index (χ1v) is 11.0. The number of nitrogens with zero attached hydrogens (tertiary/aromatic N) is 1. The van der Waals surface area contributed by atoms with Gasteiger partial charge in [0, 0.05) is 18.4 Å². The number of hydrogen-bond donors (Lipinski definition) is 1. The molecule has 1 saturated carbocycles. The van der Waals surface area contributed by atoms with Crippen LogP contribution in [0.4, 0.5) is 5.69 Å². The van der Waals surface area contributed by atoms with Crippen molar-refractivity contribution in [1.29, 1.82) is 0 Å². The summed E-state index contributed by atoms with van der Waals surface area (Å²) in [6.45, 7) is 1.42. The lowest BCUT2D eigenvalue weighted by Gasteiger charge is -2.19. The fourth-order valence-corrected chi connectivity index (χ4v) is 3.95. The van der Waals surface area contributed by atoms with E-state index in [1.165, 1.54) is 6.92 Å². The lowest BCUT2D eigenvalue weighted by atomic mass is 10.1. The van der Waals surface area contributed by atoms with E-state index in [4.69, 9.17) is 4.74 Å². The van der Waals surface area contributed by atoms with Gasteiger partial charge in [-0.1, -0.05) is 25.7 Å². The quantitative estimate of drug-likeness (QED) is 0.328. The Morgan fingerprint density at radius 3 is 2.36 bits per heavy atom. The average Bonchev–Trinajstić information content (AvgIpc) is 2.88. The van der Waals surface area contributed by atoms with Gasteiger partial charge in [-0.25, -0.2) is 13.2 Å². The molecular weight excluding hydrogens is 388 g/mol. The number of carbonyl (C=O) groups excluding carboxylic acids is 2. The maximum absolute atomic E-state index is 12.3. The van der Waals surface area contributed by atoms with E-state index >= 15 is 0 Å². The fraction of sp³-hybridized carbons (Fsp3) is 0.556. The van der Waals surface area contributed by atoms with Gasteiger partial charge in [-0.15, -0.1) is 0 Å². The molecule has 0 bridgehead atoms. The Morgan fingerprint density at radius 2 is 1.82 bits per heavy atom. The van der Waals surface area contributed by atoms with Gasteiger partial charge in [-0.2, -0.15) is 0 Å². The fourth-order valence-electron chi connectivity index (χ4n) is 3.12. The minimum Gasteiger partial charge on any atom is -0.449 e. The van der Waals surface area contributed by atoms with E-state index in [1.807, 2.05) is 0 Å². The molecule has 28 heavy (non-hydrogen) atoms. The Kier molecular flexibility index (Phi) is 7.11. The average molecular weight is 412 g/mol. The molecule has 0 saturated heterocycles. The molecule has 0 aromatic heterocycles. The Hall–Kier alpha value is -2.49. The van der Waals surface area contributed by atoms with E-state index < -0.39 is 43.3 Å². The Morgan fingerprint density at radius 1 is 1.21 bits per heavy atom. The van der Waals surface area contributed by atoms with Crippen molar-refractivity contribution >= 4 is 27.4 Å². The van der Waals surface area contributed by atoms with Gasteiger partial charge in [-0.05, 0) is 31.9 Å². The molecule has 154 valence electrons. The summed E-state index contributed by atoms with van der Waals surface area (Å²) in [7, 11) is -3.83. The topological polar surface area (TPSA) is 133 Å². The van der Waals surface area contributed by atoms with Crippen LogP contribution >= 0.6 is 0 Å². The van der Waals surface area contributed by atoms with Gasteiger partial charge in [0.25, 0.3) is 11.6 Å². The van der Waals surface area contributed by atoms with Crippen LogP contribution in [0.15, 0.2) is 23.1 Å². The van der Waals surface area contributed by atoms with Crippen molar-refractivity contribution in [2.75, 3.05) is 6.26 Å². The number of benzene rings is 1. The van der Waals surface area contributed by atoms with Crippen molar-refractivity contribution in [3.05, 3.63) is 33.9 Å². The molecule has 0 radical (unpaired) electrons. The highest BCUT2D eigenvalue weighted by molar-refractivity contribution is 7.90. The van der Waals surface area contributed by atoms with Crippen LogP contribution in [0.25, 0.3) is 0 Å². The first kappa shape index (κ1) is 21.8. The molecule has 1 amide bonds. The third kappa shape index (κ3) is 5.75. The summed E-state index contributed by atoms with van der Waals surface area (Å²) >= 11 is 0. The van der Waals surface area contributed by atoms with E-state index in [-0.39, 0.29) is 11.6 Å². The summed E-state index contributed by atoms with van der Waals surface area (Å²) in [5.41, 5.74) is -0.916. The molecule has 9 nitrogen and oxygen atoms in total. The number of sulfone groups is 1. The Labute approximate surface area is 163 Å². The largest absolute Gasteiger partial charge is 0.449 e. The highest BCUT2D eigenvalue weighted by Gasteiger charge is 2.26. The number of nitro groups is 1. The molecule has 1 aliphatic rings. The molecule has 1 atom stereocenters. The minimum absolute atomic E-state index is 0.0475. The molecule has 1 aromatic rings. The van der Waals surface area contributed by atoms with Gasteiger partial charge in [0.2, 0.25) is 0 Å². The van der Waals surface area contributed by atoms with Gasteiger partial charge in [0.05, 0.1) is 10.5 Å². The summed E-state index contributed by atoms with van der Waals surface area (Å²) in [5, 5.41) is 14.0. The lowest BCUT2D eigenvalue weighted by molar-refractivity contribution is -0.387. The highest BCUT2D eigenvalue weighted by atomic mass is 32.2. The molecule has 2 rings (SSSR count). The van der Waals surface area contributed by atoms with Crippen LogP contribution in [0.2, 0.25) is 0 Å². The molecule has 0 aliphatic heterocycles. The molecule has 1 fully saturated rings.